The predicted octanol–water partition coefficient (Wildman–Crippen LogP) is 3.67. The van der Waals surface area contributed by atoms with Gasteiger partial charge in [-0.3, -0.25) is 14.3 Å². The van der Waals surface area contributed by atoms with E-state index in [0.29, 0.717) is 5.82 Å². The monoisotopic (exact) mass is 492 g/mol. The summed E-state index contributed by atoms with van der Waals surface area (Å²) in [6, 6.07) is 9.94. The number of ether oxygens (including phenoxy) is 2. The lowest BCUT2D eigenvalue weighted by Crippen LogP contribution is -2.34. The van der Waals surface area contributed by atoms with Gasteiger partial charge < -0.3 is 19.3 Å². The molecule has 12 heteroatoms. The zero-order valence-electron chi connectivity index (χ0n) is 20.3. The maximum atomic E-state index is 13.1. The Kier molecular flexibility index (Phi) is 6.43. The predicted molar refractivity (Wildman–Crippen MR) is 131 cm³/mol. The van der Waals surface area contributed by atoms with Gasteiger partial charge in [0.2, 0.25) is 0 Å². The summed E-state index contributed by atoms with van der Waals surface area (Å²) in [5, 5.41) is 6.88. The minimum atomic E-state index is -0.801. The number of carbonyl (C=O) groups excluding carboxylic acids is 2. The van der Waals surface area contributed by atoms with Crippen LogP contribution in [0.1, 0.15) is 31.3 Å². The van der Waals surface area contributed by atoms with Crippen LogP contribution in [0.5, 0.6) is 0 Å². The van der Waals surface area contributed by atoms with Gasteiger partial charge >= 0.3 is 12.1 Å². The molecule has 0 unspecified atom stereocenters. The van der Waals surface area contributed by atoms with Crippen LogP contribution in [-0.4, -0.2) is 51.5 Å². The third kappa shape index (κ3) is 4.87. The molecule has 1 amide bonds. The summed E-state index contributed by atoms with van der Waals surface area (Å²) >= 11 is 0. The average molecular weight is 492 g/mol. The van der Waals surface area contributed by atoms with E-state index in [1.807, 2.05) is 0 Å². The third-order valence-electron chi connectivity index (χ3n) is 4.92. The smallest absolute Gasteiger partial charge is 0.414 e. The van der Waals surface area contributed by atoms with Gasteiger partial charge in [-0.05, 0) is 45.0 Å². The van der Waals surface area contributed by atoms with E-state index in [2.05, 4.69) is 20.4 Å². The van der Waals surface area contributed by atoms with Crippen molar-refractivity contribution in [3.63, 3.8) is 0 Å². The maximum Gasteiger partial charge on any atom is 0.414 e. The molecule has 0 aromatic carbocycles. The first kappa shape index (κ1) is 24.4. The zero-order chi connectivity index (χ0) is 26.0. The number of carbonyl (C=O) groups is 2. The molecule has 186 valence electrons. The van der Waals surface area contributed by atoms with Crippen molar-refractivity contribution < 1.29 is 23.6 Å². The highest BCUT2D eigenvalue weighted by molar-refractivity contribution is 6.06. The first-order valence-electron chi connectivity index (χ1n) is 10.8. The van der Waals surface area contributed by atoms with Crippen LogP contribution >= 0.6 is 0 Å². The van der Waals surface area contributed by atoms with Gasteiger partial charge in [-0.2, -0.15) is 0 Å². The summed E-state index contributed by atoms with van der Waals surface area (Å²) in [6.07, 6.45) is 2.50. The summed E-state index contributed by atoms with van der Waals surface area (Å²) in [5.41, 5.74) is -0.557. The van der Waals surface area contributed by atoms with Crippen molar-refractivity contribution in [3.05, 3.63) is 64.9 Å². The standard InChI is InChI=1S/C24H24N6O6/c1-24(2,3)35-23(33)29(4)15-13-16(27-19-18(15)28-36-20(19)22(32)34-5)26-14-9-8-12-30(21(14)31)17-10-6-7-11-25-17/h6-13H,1-5H3,(H,26,27). The van der Waals surface area contributed by atoms with E-state index >= 15 is 0 Å². The van der Waals surface area contributed by atoms with Gasteiger partial charge in [0.05, 0.1) is 12.8 Å². The highest BCUT2D eigenvalue weighted by Gasteiger charge is 2.27. The lowest BCUT2D eigenvalue weighted by molar-refractivity contribution is 0.0554. The molecule has 0 aliphatic heterocycles. The van der Waals surface area contributed by atoms with Gasteiger partial charge in [0.15, 0.2) is 5.52 Å². The molecule has 1 N–H and O–H groups in total. The molecular formula is C24H24N6O6. The van der Waals surface area contributed by atoms with Crippen LogP contribution in [-0.2, 0) is 9.47 Å². The number of esters is 1. The summed E-state index contributed by atoms with van der Waals surface area (Å²) in [6.45, 7) is 5.21. The lowest BCUT2D eigenvalue weighted by Gasteiger charge is -2.25. The van der Waals surface area contributed by atoms with Crippen LogP contribution in [0.2, 0.25) is 0 Å². The first-order valence-corrected chi connectivity index (χ1v) is 10.8. The minimum Gasteiger partial charge on any atom is -0.463 e. The van der Waals surface area contributed by atoms with Gasteiger partial charge in [0, 0.05) is 25.5 Å². The van der Waals surface area contributed by atoms with Crippen molar-refractivity contribution in [2.24, 2.45) is 0 Å². The minimum absolute atomic E-state index is 0.0400. The van der Waals surface area contributed by atoms with Gasteiger partial charge in [-0.1, -0.05) is 11.2 Å². The van der Waals surface area contributed by atoms with E-state index in [-0.39, 0.29) is 34.0 Å². The van der Waals surface area contributed by atoms with E-state index in [4.69, 9.17) is 14.0 Å². The van der Waals surface area contributed by atoms with E-state index < -0.39 is 23.2 Å². The van der Waals surface area contributed by atoms with E-state index in [9.17, 15) is 14.4 Å². The van der Waals surface area contributed by atoms with Crippen molar-refractivity contribution in [2.45, 2.75) is 26.4 Å². The number of hydrogen-bond acceptors (Lipinski definition) is 10. The normalized spacial score (nSPS) is 11.2. The van der Waals surface area contributed by atoms with Gasteiger partial charge in [0.25, 0.3) is 11.3 Å². The fourth-order valence-corrected chi connectivity index (χ4v) is 3.29. The van der Waals surface area contributed by atoms with Crippen molar-refractivity contribution in [2.75, 3.05) is 24.4 Å². The van der Waals surface area contributed by atoms with Crippen LogP contribution in [0.3, 0.4) is 0 Å². The number of fused-ring (bicyclic) bond motifs is 1. The quantitative estimate of drug-likeness (QED) is 0.410. The highest BCUT2D eigenvalue weighted by atomic mass is 16.6. The molecule has 4 heterocycles. The second kappa shape index (κ2) is 9.49. The number of amides is 1. The molecule has 0 saturated carbocycles. The Morgan fingerprint density at radius 3 is 2.58 bits per heavy atom. The molecule has 0 aliphatic rings. The summed E-state index contributed by atoms with van der Waals surface area (Å²) in [5.74, 6) is -0.469. The van der Waals surface area contributed by atoms with Crippen molar-refractivity contribution in [3.8, 4) is 5.82 Å². The summed E-state index contributed by atoms with van der Waals surface area (Å²) < 4.78 is 16.8. The molecule has 0 atom stereocenters. The Balaban J connectivity index is 1.81. The van der Waals surface area contributed by atoms with E-state index in [1.165, 1.54) is 29.7 Å². The molecule has 4 rings (SSSR count). The Morgan fingerprint density at radius 1 is 1.14 bits per heavy atom. The molecule has 0 spiro atoms. The number of anilines is 3. The molecule has 4 aromatic heterocycles. The van der Waals surface area contributed by atoms with Crippen LogP contribution in [0.25, 0.3) is 16.9 Å². The first-order chi connectivity index (χ1) is 17.1. The van der Waals surface area contributed by atoms with Crippen molar-refractivity contribution in [1.82, 2.24) is 19.7 Å². The molecule has 0 aliphatic carbocycles. The number of methoxy groups -OCH3 is 1. The second-order valence-electron chi connectivity index (χ2n) is 8.68. The Hall–Kier alpha value is -4.74. The van der Waals surface area contributed by atoms with Crippen molar-refractivity contribution in [1.29, 1.82) is 0 Å². The number of hydrogen-bond donors (Lipinski definition) is 1. The molecule has 12 nitrogen and oxygen atoms in total. The molecule has 0 bridgehead atoms. The molecule has 4 aromatic rings. The fraction of sp³-hybridized carbons (Fsp3) is 0.250. The molecular weight excluding hydrogens is 468 g/mol. The largest absolute Gasteiger partial charge is 0.463 e. The Morgan fingerprint density at radius 2 is 1.92 bits per heavy atom. The molecule has 0 saturated heterocycles. The van der Waals surface area contributed by atoms with E-state index in [1.54, 1.807) is 63.5 Å². The number of rotatable bonds is 5. The van der Waals surface area contributed by atoms with Gasteiger partial charge in [0.1, 0.15) is 28.4 Å². The van der Waals surface area contributed by atoms with Crippen LogP contribution in [0.15, 0.2) is 58.1 Å². The SMILES string of the molecule is COC(=O)c1onc2c(N(C)C(=O)OC(C)(C)C)cc(Nc3cccn(-c4ccccn4)c3=O)nc12. The summed E-state index contributed by atoms with van der Waals surface area (Å²) in [7, 11) is 2.67. The molecule has 36 heavy (non-hydrogen) atoms. The van der Waals surface area contributed by atoms with E-state index in [0.717, 1.165) is 0 Å². The molecule has 0 radical (unpaired) electrons. The Bertz CT molecular complexity index is 1490. The number of aromatic nitrogens is 4. The van der Waals surface area contributed by atoms with Crippen LogP contribution in [0.4, 0.5) is 22.0 Å². The third-order valence-corrected chi connectivity index (χ3v) is 4.92. The number of pyridine rings is 3. The Labute approximate surface area is 205 Å². The van der Waals surface area contributed by atoms with Gasteiger partial charge in [-0.25, -0.2) is 19.6 Å². The van der Waals surface area contributed by atoms with Crippen LogP contribution < -0.4 is 15.8 Å². The second-order valence-corrected chi connectivity index (χ2v) is 8.68. The summed E-state index contributed by atoms with van der Waals surface area (Å²) in [4.78, 5) is 48.0. The topological polar surface area (TPSA) is 142 Å². The van der Waals surface area contributed by atoms with Crippen molar-refractivity contribution >= 4 is 40.3 Å². The molecule has 0 fully saturated rings. The lowest BCUT2D eigenvalue weighted by atomic mass is 10.2. The van der Waals surface area contributed by atoms with Gasteiger partial charge in [-0.15, -0.1) is 0 Å². The number of nitrogens with one attached hydrogen (secondary N) is 1. The maximum absolute atomic E-state index is 13.1. The van der Waals surface area contributed by atoms with Crippen LogP contribution in [0, 0.1) is 0 Å². The highest BCUT2D eigenvalue weighted by Crippen LogP contribution is 2.31. The zero-order valence-corrected chi connectivity index (χ0v) is 20.3. The number of nitrogens with zero attached hydrogens (tertiary/aromatic N) is 5. The fourth-order valence-electron chi connectivity index (χ4n) is 3.29. The average Bonchev–Trinajstić information content (AvgIpc) is 3.27.